The van der Waals surface area contributed by atoms with Gasteiger partial charge in [-0.25, -0.2) is 0 Å². The first-order valence-corrected chi connectivity index (χ1v) is 9.39. The average molecular weight is 431 g/mol. The molecule has 9 nitrogen and oxygen atoms in total. The van der Waals surface area contributed by atoms with Gasteiger partial charge in [-0.05, 0) is 30.7 Å². The monoisotopic (exact) mass is 430 g/mol. The number of hydrogen-bond donors (Lipinski definition) is 1. The number of nitro groups is 1. The molecule has 0 bridgehead atoms. The maximum atomic E-state index is 12.7. The van der Waals surface area contributed by atoms with Crippen molar-refractivity contribution >= 4 is 28.9 Å². The number of carbonyl (C=O) groups excluding carboxylic acids is 1. The number of non-ortho nitro benzene ring substituents is 1. The van der Waals surface area contributed by atoms with Gasteiger partial charge in [-0.15, -0.1) is 0 Å². The Hall–Kier alpha value is -3.59. The summed E-state index contributed by atoms with van der Waals surface area (Å²) in [4.78, 5) is 23.5. The Bertz CT molecular complexity index is 1050. The quantitative estimate of drug-likeness (QED) is 0.404. The van der Waals surface area contributed by atoms with Crippen LogP contribution in [0.4, 0.5) is 11.4 Å². The van der Waals surface area contributed by atoms with E-state index < -0.39 is 11.0 Å². The summed E-state index contributed by atoms with van der Waals surface area (Å²) in [5.41, 5.74) is 0.0147. The summed E-state index contributed by atoms with van der Waals surface area (Å²) in [6.07, 6.45) is 3.43. The Labute approximate surface area is 177 Å². The molecule has 0 aliphatic carbocycles. The fourth-order valence-electron chi connectivity index (χ4n) is 2.80. The van der Waals surface area contributed by atoms with Crippen LogP contribution >= 0.6 is 11.6 Å². The van der Waals surface area contributed by atoms with Gasteiger partial charge in [0.1, 0.15) is 23.3 Å². The lowest BCUT2D eigenvalue weighted by molar-refractivity contribution is -0.384. The van der Waals surface area contributed by atoms with Crippen LogP contribution in [0.15, 0.2) is 54.9 Å². The maximum Gasteiger partial charge on any atom is 0.275 e. The SMILES string of the molecule is CCC(C(=O)Nc1cc(Oc2ccc(OC)cc2)cc([N+](=O)[O-])c1)n1cc(Cl)cn1. The zero-order valence-corrected chi connectivity index (χ0v) is 17.0. The molecule has 3 rings (SSSR count). The third-order valence-electron chi connectivity index (χ3n) is 4.24. The van der Waals surface area contributed by atoms with Crippen molar-refractivity contribution < 1.29 is 19.2 Å². The van der Waals surface area contributed by atoms with Crippen LogP contribution < -0.4 is 14.8 Å². The van der Waals surface area contributed by atoms with E-state index in [4.69, 9.17) is 21.1 Å². The molecule has 0 fully saturated rings. The van der Waals surface area contributed by atoms with Gasteiger partial charge in [-0.3, -0.25) is 19.6 Å². The molecule has 156 valence electrons. The molecule has 10 heteroatoms. The van der Waals surface area contributed by atoms with Crippen molar-refractivity contribution in [3.63, 3.8) is 0 Å². The number of aromatic nitrogens is 2. The first kappa shape index (κ1) is 21.1. The van der Waals surface area contributed by atoms with Crippen LogP contribution in [0.5, 0.6) is 17.2 Å². The highest BCUT2D eigenvalue weighted by Gasteiger charge is 2.21. The molecular weight excluding hydrogens is 412 g/mol. The summed E-state index contributed by atoms with van der Waals surface area (Å²) in [5.74, 6) is 0.942. The van der Waals surface area contributed by atoms with E-state index in [2.05, 4.69) is 10.4 Å². The zero-order valence-electron chi connectivity index (χ0n) is 16.2. The van der Waals surface area contributed by atoms with E-state index in [1.165, 1.54) is 29.1 Å². The van der Waals surface area contributed by atoms with Crippen molar-refractivity contribution in [1.82, 2.24) is 9.78 Å². The van der Waals surface area contributed by atoms with Crippen molar-refractivity contribution in [1.29, 1.82) is 0 Å². The van der Waals surface area contributed by atoms with E-state index in [9.17, 15) is 14.9 Å². The topological polar surface area (TPSA) is 109 Å². The van der Waals surface area contributed by atoms with Crippen molar-refractivity contribution in [2.45, 2.75) is 19.4 Å². The van der Waals surface area contributed by atoms with E-state index in [-0.39, 0.29) is 23.0 Å². The third kappa shape index (κ3) is 5.06. The molecule has 1 aromatic heterocycles. The predicted octanol–water partition coefficient (Wildman–Crippen LogP) is 4.84. The summed E-state index contributed by atoms with van der Waals surface area (Å²) in [6, 6.07) is 10.2. The highest BCUT2D eigenvalue weighted by Crippen LogP contribution is 2.31. The van der Waals surface area contributed by atoms with E-state index in [1.54, 1.807) is 37.6 Å². The largest absolute Gasteiger partial charge is 0.497 e. The summed E-state index contributed by atoms with van der Waals surface area (Å²) in [6.45, 7) is 1.82. The number of nitrogens with zero attached hydrogens (tertiary/aromatic N) is 3. The van der Waals surface area contributed by atoms with Gasteiger partial charge in [0.05, 0.1) is 35.0 Å². The smallest absolute Gasteiger partial charge is 0.275 e. The van der Waals surface area contributed by atoms with Crippen LogP contribution in [0.1, 0.15) is 19.4 Å². The van der Waals surface area contributed by atoms with E-state index in [1.807, 2.05) is 6.92 Å². The van der Waals surface area contributed by atoms with Crippen molar-refractivity contribution in [2.75, 3.05) is 12.4 Å². The second-order valence-corrected chi connectivity index (χ2v) is 6.74. The molecule has 3 aromatic rings. The first-order chi connectivity index (χ1) is 14.4. The van der Waals surface area contributed by atoms with Gasteiger partial charge in [0.2, 0.25) is 5.91 Å². The average Bonchev–Trinajstić information content (AvgIpc) is 3.14. The Morgan fingerprint density at radius 2 is 1.93 bits per heavy atom. The molecule has 0 aliphatic heterocycles. The van der Waals surface area contributed by atoms with E-state index >= 15 is 0 Å². The van der Waals surface area contributed by atoms with Crippen LogP contribution in [0.2, 0.25) is 5.02 Å². The number of benzene rings is 2. The second kappa shape index (κ2) is 9.27. The molecule has 30 heavy (non-hydrogen) atoms. The third-order valence-corrected chi connectivity index (χ3v) is 4.44. The second-order valence-electron chi connectivity index (χ2n) is 6.30. The number of nitrogens with one attached hydrogen (secondary N) is 1. The minimum Gasteiger partial charge on any atom is -0.497 e. The first-order valence-electron chi connectivity index (χ1n) is 9.01. The van der Waals surface area contributed by atoms with Crippen LogP contribution in [-0.4, -0.2) is 27.7 Å². The zero-order chi connectivity index (χ0) is 21.7. The van der Waals surface area contributed by atoms with E-state index in [0.717, 1.165) is 0 Å². The molecule has 0 radical (unpaired) electrons. The van der Waals surface area contributed by atoms with Crippen LogP contribution in [0.25, 0.3) is 0 Å². The van der Waals surface area contributed by atoms with Crippen molar-refractivity contribution in [3.8, 4) is 17.2 Å². The molecule has 1 heterocycles. The van der Waals surface area contributed by atoms with Gasteiger partial charge >= 0.3 is 0 Å². The Morgan fingerprint density at radius 1 is 1.23 bits per heavy atom. The lowest BCUT2D eigenvalue weighted by atomic mass is 10.2. The number of rotatable bonds is 8. The summed E-state index contributed by atoms with van der Waals surface area (Å²) < 4.78 is 12.3. The van der Waals surface area contributed by atoms with Gasteiger partial charge in [0.25, 0.3) is 5.69 Å². The lowest BCUT2D eigenvalue weighted by Gasteiger charge is -2.16. The fraction of sp³-hybridized carbons (Fsp3) is 0.200. The minimum atomic E-state index is -0.622. The summed E-state index contributed by atoms with van der Waals surface area (Å²) in [5, 5.41) is 18.5. The fourth-order valence-corrected chi connectivity index (χ4v) is 2.95. The predicted molar refractivity (Wildman–Crippen MR) is 111 cm³/mol. The van der Waals surface area contributed by atoms with Gasteiger partial charge < -0.3 is 14.8 Å². The number of ether oxygens (including phenoxy) is 2. The molecule has 0 aliphatic rings. The maximum absolute atomic E-state index is 12.7. The van der Waals surface area contributed by atoms with Gasteiger partial charge in [-0.2, -0.15) is 5.10 Å². The van der Waals surface area contributed by atoms with Gasteiger partial charge in [-0.1, -0.05) is 18.5 Å². The molecule has 0 saturated heterocycles. The van der Waals surface area contributed by atoms with Crippen molar-refractivity contribution in [2.24, 2.45) is 0 Å². The minimum absolute atomic E-state index is 0.208. The highest BCUT2D eigenvalue weighted by atomic mass is 35.5. The normalized spacial score (nSPS) is 11.6. The molecule has 1 amide bonds. The molecule has 1 unspecified atom stereocenters. The Morgan fingerprint density at radius 3 is 2.50 bits per heavy atom. The molecule has 1 atom stereocenters. The van der Waals surface area contributed by atoms with E-state index in [0.29, 0.717) is 22.9 Å². The molecule has 0 spiro atoms. The van der Waals surface area contributed by atoms with Crippen molar-refractivity contribution in [3.05, 3.63) is 70.0 Å². The highest BCUT2D eigenvalue weighted by molar-refractivity contribution is 6.30. The molecule has 0 saturated carbocycles. The molecular formula is C20H19ClN4O5. The van der Waals surface area contributed by atoms with Gasteiger partial charge in [0.15, 0.2) is 0 Å². The number of anilines is 1. The Balaban J connectivity index is 1.84. The van der Waals surface area contributed by atoms with Crippen LogP contribution in [0.3, 0.4) is 0 Å². The lowest BCUT2D eigenvalue weighted by Crippen LogP contribution is -2.26. The van der Waals surface area contributed by atoms with Crippen LogP contribution in [-0.2, 0) is 4.79 Å². The molecule has 1 N–H and O–H groups in total. The van der Waals surface area contributed by atoms with Gasteiger partial charge in [0, 0.05) is 18.3 Å². The summed E-state index contributed by atoms with van der Waals surface area (Å²) in [7, 11) is 1.55. The Kier molecular flexibility index (Phi) is 6.53. The number of nitro benzene ring substituents is 1. The standard InChI is InChI=1S/C20H19ClN4O5/c1-3-19(24-12-13(21)11-22-24)20(26)23-14-8-15(25(27)28)10-18(9-14)30-17-6-4-16(29-2)5-7-17/h4-12,19H,3H2,1-2H3,(H,23,26). The number of carbonyl (C=O) groups is 1. The van der Waals surface area contributed by atoms with Crippen LogP contribution in [0, 0.1) is 10.1 Å². The number of methoxy groups -OCH3 is 1. The molecule has 2 aromatic carbocycles. The number of halogens is 1. The number of hydrogen-bond acceptors (Lipinski definition) is 6. The number of amides is 1. The summed E-state index contributed by atoms with van der Waals surface area (Å²) >= 11 is 5.88.